The minimum absolute atomic E-state index is 0.0396. The van der Waals surface area contributed by atoms with E-state index >= 15 is 0 Å². The molecule has 3 atom stereocenters. The van der Waals surface area contributed by atoms with Crippen molar-refractivity contribution in [2.24, 2.45) is 11.8 Å². The summed E-state index contributed by atoms with van der Waals surface area (Å²) >= 11 is 0. The van der Waals surface area contributed by atoms with Crippen molar-refractivity contribution in [1.29, 1.82) is 0 Å². The normalized spacial score (nSPS) is 23.2. The first-order chi connectivity index (χ1) is 13.6. The van der Waals surface area contributed by atoms with Crippen molar-refractivity contribution in [3.63, 3.8) is 0 Å². The lowest BCUT2D eigenvalue weighted by atomic mass is 9.76. The third-order valence-electron chi connectivity index (χ3n) is 6.35. The molecule has 0 aliphatic heterocycles. The van der Waals surface area contributed by atoms with Gasteiger partial charge in [-0.25, -0.2) is 4.79 Å². The van der Waals surface area contributed by atoms with Crippen LogP contribution < -0.4 is 4.74 Å². The third-order valence-corrected chi connectivity index (χ3v) is 6.35. The standard InChI is InChI=1S/C24H34O4/c1-3-4-5-8-20(25)13-12-17-10-11-19-15-22-18(14-21(17)19)7-6-9-23(22)28-16-24(26)27-2/h6-7,9,12,19-21,25H,3-5,8,10-11,13-16H2,1-2H3/b17-12+. The zero-order valence-electron chi connectivity index (χ0n) is 17.3. The highest BCUT2D eigenvalue weighted by Crippen LogP contribution is 2.46. The number of fused-ring (bicyclic) bond motifs is 2. The van der Waals surface area contributed by atoms with Crippen LogP contribution in [0.25, 0.3) is 0 Å². The molecule has 28 heavy (non-hydrogen) atoms. The van der Waals surface area contributed by atoms with Crippen molar-refractivity contribution in [2.45, 2.75) is 70.8 Å². The number of unbranched alkanes of at least 4 members (excludes halogenated alkanes) is 2. The summed E-state index contributed by atoms with van der Waals surface area (Å²) in [6.07, 6.45) is 11.7. The molecule has 2 aliphatic rings. The average molecular weight is 387 g/mol. The monoisotopic (exact) mass is 386 g/mol. The molecule has 4 nitrogen and oxygen atoms in total. The molecule has 3 unspecified atom stereocenters. The number of rotatable bonds is 9. The maximum atomic E-state index is 11.4. The molecule has 1 aromatic rings. The molecule has 1 aromatic carbocycles. The van der Waals surface area contributed by atoms with Crippen molar-refractivity contribution in [2.75, 3.05) is 13.7 Å². The van der Waals surface area contributed by atoms with Gasteiger partial charge in [0, 0.05) is 0 Å². The Labute approximate surface area is 168 Å². The highest BCUT2D eigenvalue weighted by Gasteiger charge is 2.36. The number of ether oxygens (including phenoxy) is 2. The van der Waals surface area contributed by atoms with E-state index in [1.807, 2.05) is 12.1 Å². The van der Waals surface area contributed by atoms with Crippen molar-refractivity contribution >= 4 is 5.97 Å². The van der Waals surface area contributed by atoms with Crippen molar-refractivity contribution in [3.8, 4) is 5.75 Å². The van der Waals surface area contributed by atoms with Crippen LogP contribution in [0.1, 0.15) is 63.0 Å². The molecule has 0 radical (unpaired) electrons. The molecular formula is C24H34O4. The van der Waals surface area contributed by atoms with Crippen LogP contribution in [0.5, 0.6) is 5.75 Å². The van der Waals surface area contributed by atoms with Crippen LogP contribution in [0.4, 0.5) is 0 Å². The molecule has 1 saturated carbocycles. The Kier molecular flexibility index (Phi) is 7.55. The van der Waals surface area contributed by atoms with E-state index in [9.17, 15) is 9.90 Å². The summed E-state index contributed by atoms with van der Waals surface area (Å²) in [5, 5.41) is 10.3. The molecule has 1 fully saturated rings. The molecule has 0 heterocycles. The summed E-state index contributed by atoms with van der Waals surface area (Å²) in [6, 6.07) is 6.16. The summed E-state index contributed by atoms with van der Waals surface area (Å²) in [6.45, 7) is 2.15. The van der Waals surface area contributed by atoms with Crippen LogP contribution in [0, 0.1) is 11.8 Å². The molecule has 0 saturated heterocycles. The van der Waals surface area contributed by atoms with E-state index in [2.05, 4.69) is 23.8 Å². The van der Waals surface area contributed by atoms with Gasteiger partial charge in [-0.2, -0.15) is 0 Å². The smallest absolute Gasteiger partial charge is 0.343 e. The Bertz CT molecular complexity index is 694. The molecule has 0 aromatic heterocycles. The van der Waals surface area contributed by atoms with Gasteiger partial charge in [0.25, 0.3) is 0 Å². The second kappa shape index (κ2) is 10.1. The molecule has 1 N–H and O–H groups in total. The van der Waals surface area contributed by atoms with Crippen LogP contribution in [0.3, 0.4) is 0 Å². The predicted molar refractivity (Wildman–Crippen MR) is 110 cm³/mol. The van der Waals surface area contributed by atoms with E-state index < -0.39 is 0 Å². The summed E-state index contributed by atoms with van der Waals surface area (Å²) in [5.74, 6) is 1.70. The lowest BCUT2D eigenvalue weighted by Gasteiger charge is -2.30. The van der Waals surface area contributed by atoms with Gasteiger partial charge in [-0.1, -0.05) is 50.0 Å². The summed E-state index contributed by atoms with van der Waals surface area (Å²) < 4.78 is 10.4. The minimum Gasteiger partial charge on any atom is -0.482 e. The van der Waals surface area contributed by atoms with Gasteiger partial charge in [-0.15, -0.1) is 0 Å². The first-order valence-electron chi connectivity index (χ1n) is 10.8. The van der Waals surface area contributed by atoms with Crippen LogP contribution >= 0.6 is 0 Å². The van der Waals surface area contributed by atoms with Crippen LogP contribution in [0.2, 0.25) is 0 Å². The number of allylic oxidation sites excluding steroid dienone is 1. The van der Waals surface area contributed by atoms with Gasteiger partial charge in [-0.05, 0) is 67.6 Å². The highest BCUT2D eigenvalue weighted by molar-refractivity contribution is 5.71. The lowest BCUT2D eigenvalue weighted by molar-refractivity contribution is -0.142. The molecular weight excluding hydrogens is 352 g/mol. The fourth-order valence-electron chi connectivity index (χ4n) is 4.74. The van der Waals surface area contributed by atoms with Crippen molar-refractivity contribution in [3.05, 3.63) is 41.0 Å². The van der Waals surface area contributed by atoms with Gasteiger partial charge < -0.3 is 14.6 Å². The molecule has 0 bridgehead atoms. The second-order valence-corrected chi connectivity index (χ2v) is 8.24. The fourth-order valence-corrected chi connectivity index (χ4v) is 4.74. The lowest BCUT2D eigenvalue weighted by Crippen LogP contribution is -2.23. The van der Waals surface area contributed by atoms with Crippen molar-refractivity contribution < 1.29 is 19.4 Å². The number of benzene rings is 1. The number of aliphatic hydroxyl groups is 1. The SMILES string of the molecule is CCCCCC(O)C/C=C1\CCC2Cc3c(cccc3OCC(=O)OC)CC12. The number of aliphatic hydroxyl groups excluding tert-OH is 1. The van der Waals surface area contributed by atoms with E-state index in [1.165, 1.54) is 43.1 Å². The summed E-state index contributed by atoms with van der Waals surface area (Å²) in [7, 11) is 1.38. The summed E-state index contributed by atoms with van der Waals surface area (Å²) in [4.78, 5) is 11.4. The quantitative estimate of drug-likeness (QED) is 0.382. The van der Waals surface area contributed by atoms with Gasteiger partial charge in [0.2, 0.25) is 0 Å². The molecule has 0 spiro atoms. The zero-order valence-corrected chi connectivity index (χ0v) is 17.3. The van der Waals surface area contributed by atoms with E-state index in [1.54, 1.807) is 0 Å². The zero-order chi connectivity index (χ0) is 19.9. The number of hydrogen-bond donors (Lipinski definition) is 1. The minimum atomic E-state index is -0.352. The fraction of sp³-hybridized carbons (Fsp3) is 0.625. The maximum Gasteiger partial charge on any atom is 0.343 e. The molecule has 0 amide bonds. The van der Waals surface area contributed by atoms with Crippen molar-refractivity contribution in [1.82, 2.24) is 0 Å². The molecule has 3 rings (SSSR count). The number of carbonyl (C=O) groups is 1. The Morgan fingerprint density at radius 3 is 2.96 bits per heavy atom. The Hall–Kier alpha value is -1.81. The van der Waals surface area contributed by atoms with Gasteiger partial charge >= 0.3 is 5.97 Å². The van der Waals surface area contributed by atoms with Gasteiger partial charge in [0.15, 0.2) is 6.61 Å². The van der Waals surface area contributed by atoms with Crippen LogP contribution in [-0.4, -0.2) is 30.9 Å². The number of carbonyl (C=O) groups excluding carboxylic acids is 1. The van der Waals surface area contributed by atoms with Gasteiger partial charge in [0.05, 0.1) is 13.2 Å². The van der Waals surface area contributed by atoms with E-state index in [0.717, 1.165) is 44.3 Å². The van der Waals surface area contributed by atoms with E-state index in [0.29, 0.717) is 11.8 Å². The van der Waals surface area contributed by atoms with Crippen LogP contribution in [0.15, 0.2) is 29.8 Å². The Morgan fingerprint density at radius 2 is 2.18 bits per heavy atom. The molecule has 4 heteroatoms. The van der Waals surface area contributed by atoms with Crippen LogP contribution in [-0.2, 0) is 22.4 Å². The number of hydrogen-bond acceptors (Lipinski definition) is 4. The third kappa shape index (κ3) is 5.16. The van der Waals surface area contributed by atoms with E-state index in [-0.39, 0.29) is 18.7 Å². The van der Waals surface area contributed by atoms with Gasteiger partial charge in [0.1, 0.15) is 5.75 Å². The molecule has 154 valence electrons. The highest BCUT2D eigenvalue weighted by atomic mass is 16.6. The topological polar surface area (TPSA) is 55.8 Å². The maximum absolute atomic E-state index is 11.4. The Balaban J connectivity index is 1.63. The second-order valence-electron chi connectivity index (χ2n) is 8.24. The van der Waals surface area contributed by atoms with E-state index in [4.69, 9.17) is 4.74 Å². The average Bonchev–Trinajstić information content (AvgIpc) is 3.10. The number of esters is 1. The predicted octanol–water partition coefficient (Wildman–Crippen LogP) is 4.62. The first kappa shape index (κ1) is 20.9. The number of methoxy groups -OCH3 is 1. The first-order valence-corrected chi connectivity index (χ1v) is 10.8. The van der Waals surface area contributed by atoms with Gasteiger partial charge in [-0.3, -0.25) is 0 Å². The summed E-state index contributed by atoms with van der Waals surface area (Å²) in [5.41, 5.74) is 4.12. The molecule has 2 aliphatic carbocycles. The largest absolute Gasteiger partial charge is 0.482 e. The Morgan fingerprint density at radius 1 is 1.32 bits per heavy atom.